The first-order valence-electron chi connectivity index (χ1n) is 15.4. The topological polar surface area (TPSA) is 69.5 Å². The Bertz CT molecular complexity index is 1470. The Morgan fingerprint density at radius 3 is 2.43 bits per heavy atom. The van der Waals surface area contributed by atoms with Gasteiger partial charge in [0.15, 0.2) is 0 Å². The highest BCUT2D eigenvalue weighted by atomic mass is 16.5. The molecule has 0 unspecified atom stereocenters. The van der Waals surface area contributed by atoms with Crippen LogP contribution in [0.2, 0.25) is 0 Å². The van der Waals surface area contributed by atoms with Crippen molar-refractivity contribution >= 4 is 29.0 Å². The molecule has 42 heavy (non-hydrogen) atoms. The minimum atomic E-state index is -0.135. The van der Waals surface area contributed by atoms with Crippen molar-refractivity contribution in [1.82, 2.24) is 10.3 Å². The average molecular weight is 564 g/mol. The van der Waals surface area contributed by atoms with Crippen molar-refractivity contribution in [3.63, 3.8) is 0 Å². The number of urea groups is 1. The molecule has 2 aliphatic heterocycles. The van der Waals surface area contributed by atoms with E-state index in [0.717, 1.165) is 83.3 Å². The van der Waals surface area contributed by atoms with Gasteiger partial charge in [-0.25, -0.2) is 9.80 Å². The lowest BCUT2D eigenvalue weighted by atomic mass is 9.82. The number of carbonyl (C=O) groups is 1. The first-order valence-corrected chi connectivity index (χ1v) is 15.4. The normalized spacial score (nSPS) is 17.5. The van der Waals surface area contributed by atoms with Gasteiger partial charge in [0.05, 0.1) is 29.7 Å². The van der Waals surface area contributed by atoms with Gasteiger partial charge in [0.1, 0.15) is 18.2 Å². The lowest BCUT2D eigenvalue weighted by Gasteiger charge is -2.29. The summed E-state index contributed by atoms with van der Waals surface area (Å²) in [5.41, 5.74) is 6.96. The Labute approximate surface area is 249 Å². The summed E-state index contributed by atoms with van der Waals surface area (Å²) >= 11 is 0. The standard InChI is InChI=1S/C35H41N5O2/c1-24(2)40-35(41)39(29-16-14-26(15-17-29)21-33-36-18-19-37-33)31-20-25(3)32(42-23-27-10-6-4-7-11-27)22-30(31)34(38-40)28-12-8-5-9-13-28/h4,6-7,10-11,14-17,20,22,24,28H,5,8-9,12-13,18-19,21,23H2,1-3H3,(H,36,37). The van der Waals surface area contributed by atoms with Crippen molar-refractivity contribution in [3.8, 4) is 5.75 Å². The summed E-state index contributed by atoms with van der Waals surface area (Å²) in [7, 11) is 0. The molecule has 218 valence electrons. The summed E-state index contributed by atoms with van der Waals surface area (Å²) in [6.07, 6.45) is 6.55. The average Bonchev–Trinajstić information content (AvgIpc) is 3.48. The molecule has 0 spiro atoms. The molecule has 1 fully saturated rings. The van der Waals surface area contributed by atoms with Crippen molar-refractivity contribution in [2.24, 2.45) is 16.0 Å². The number of hydrazone groups is 1. The zero-order chi connectivity index (χ0) is 29.1. The third-order valence-corrected chi connectivity index (χ3v) is 8.44. The number of amidine groups is 1. The van der Waals surface area contributed by atoms with E-state index in [4.69, 9.17) is 9.84 Å². The number of aliphatic imine (C=N–C) groups is 1. The summed E-state index contributed by atoms with van der Waals surface area (Å²) < 4.78 is 6.40. The second-order valence-electron chi connectivity index (χ2n) is 11.9. The van der Waals surface area contributed by atoms with Gasteiger partial charge in [-0.15, -0.1) is 0 Å². The third kappa shape index (κ3) is 5.91. The maximum Gasteiger partial charge on any atom is 0.349 e. The van der Waals surface area contributed by atoms with Crippen molar-refractivity contribution in [2.75, 3.05) is 18.0 Å². The van der Waals surface area contributed by atoms with Crippen LogP contribution in [-0.2, 0) is 13.0 Å². The minimum absolute atomic E-state index is 0.0893. The van der Waals surface area contributed by atoms with E-state index in [9.17, 15) is 4.79 Å². The number of amides is 2. The maximum absolute atomic E-state index is 14.3. The molecule has 0 saturated heterocycles. The fourth-order valence-electron chi connectivity index (χ4n) is 6.16. The van der Waals surface area contributed by atoms with Crippen LogP contribution in [0.4, 0.5) is 16.2 Å². The van der Waals surface area contributed by atoms with Gasteiger partial charge < -0.3 is 10.1 Å². The summed E-state index contributed by atoms with van der Waals surface area (Å²) in [4.78, 5) is 20.7. The molecule has 0 radical (unpaired) electrons. The van der Waals surface area contributed by atoms with E-state index in [1.54, 1.807) is 5.01 Å². The predicted octanol–water partition coefficient (Wildman–Crippen LogP) is 7.38. The molecule has 0 bridgehead atoms. The number of fused-ring (bicyclic) bond motifs is 1. The molecule has 3 aromatic carbocycles. The van der Waals surface area contributed by atoms with E-state index in [1.165, 1.54) is 19.3 Å². The molecule has 3 aliphatic rings. The first-order chi connectivity index (χ1) is 20.5. The van der Waals surface area contributed by atoms with Crippen LogP contribution < -0.4 is 15.0 Å². The van der Waals surface area contributed by atoms with Gasteiger partial charge >= 0.3 is 6.03 Å². The molecule has 0 atom stereocenters. The van der Waals surface area contributed by atoms with E-state index >= 15 is 0 Å². The van der Waals surface area contributed by atoms with Gasteiger partial charge in [-0.2, -0.15) is 5.10 Å². The number of ether oxygens (including phenoxy) is 1. The van der Waals surface area contributed by atoms with Crippen LogP contribution in [0.1, 0.15) is 68.2 Å². The number of nitrogens with zero attached hydrogens (tertiary/aromatic N) is 4. The smallest absolute Gasteiger partial charge is 0.349 e. The number of benzene rings is 3. The Morgan fingerprint density at radius 2 is 1.74 bits per heavy atom. The second-order valence-corrected chi connectivity index (χ2v) is 11.9. The van der Waals surface area contributed by atoms with Crippen molar-refractivity contribution < 1.29 is 9.53 Å². The number of anilines is 2. The number of rotatable bonds is 8. The van der Waals surface area contributed by atoms with E-state index in [1.807, 2.05) is 49.1 Å². The minimum Gasteiger partial charge on any atom is -0.489 e. The van der Waals surface area contributed by atoms with Crippen molar-refractivity contribution in [1.29, 1.82) is 0 Å². The van der Waals surface area contributed by atoms with Crippen LogP contribution in [0, 0.1) is 12.8 Å². The monoisotopic (exact) mass is 563 g/mol. The highest BCUT2D eigenvalue weighted by Crippen LogP contribution is 2.41. The van der Waals surface area contributed by atoms with Gasteiger partial charge in [-0.3, -0.25) is 9.89 Å². The number of aryl methyl sites for hydroxylation is 1. The molecule has 6 rings (SSSR count). The molecule has 7 heteroatoms. The maximum atomic E-state index is 14.3. The van der Waals surface area contributed by atoms with Crippen LogP contribution in [0.25, 0.3) is 0 Å². The molecule has 2 amide bonds. The lowest BCUT2D eigenvalue weighted by Crippen LogP contribution is -2.41. The van der Waals surface area contributed by atoms with Gasteiger partial charge in [0, 0.05) is 24.4 Å². The van der Waals surface area contributed by atoms with Gasteiger partial charge in [0.2, 0.25) is 0 Å². The predicted molar refractivity (Wildman–Crippen MR) is 170 cm³/mol. The van der Waals surface area contributed by atoms with Crippen LogP contribution in [-0.4, -0.2) is 41.7 Å². The molecular weight excluding hydrogens is 522 g/mol. The molecular formula is C35H41N5O2. The number of hydrogen-bond donors (Lipinski definition) is 1. The SMILES string of the molecule is Cc1cc2c(cc1OCc1ccccc1)C(C1CCCCC1)=NN(C(C)C)C(=O)N2c1ccc(CC2=NCCN2)cc1. The van der Waals surface area contributed by atoms with E-state index in [-0.39, 0.29) is 12.1 Å². The Balaban J connectivity index is 1.43. The third-order valence-electron chi connectivity index (χ3n) is 8.44. The molecule has 0 aromatic heterocycles. The Kier molecular flexibility index (Phi) is 8.27. The molecule has 1 aliphatic carbocycles. The van der Waals surface area contributed by atoms with E-state index < -0.39 is 0 Å². The Morgan fingerprint density at radius 1 is 0.976 bits per heavy atom. The molecule has 2 heterocycles. The zero-order valence-corrected chi connectivity index (χ0v) is 25.0. The van der Waals surface area contributed by atoms with Crippen LogP contribution >= 0.6 is 0 Å². The van der Waals surface area contributed by atoms with E-state index in [0.29, 0.717) is 12.5 Å². The van der Waals surface area contributed by atoms with Gasteiger partial charge in [0.25, 0.3) is 0 Å². The summed E-state index contributed by atoms with van der Waals surface area (Å²) in [5.74, 6) is 2.15. The fraction of sp³-hybridized carbons (Fsp3) is 0.400. The van der Waals surface area contributed by atoms with E-state index in [2.05, 4.69) is 53.6 Å². The molecule has 3 aromatic rings. The van der Waals surface area contributed by atoms with Gasteiger partial charge in [-0.05, 0) is 74.6 Å². The zero-order valence-electron chi connectivity index (χ0n) is 25.0. The van der Waals surface area contributed by atoms with Crippen LogP contribution in [0.5, 0.6) is 5.75 Å². The Hall–Kier alpha value is -4.13. The number of hydrogen-bond acceptors (Lipinski definition) is 5. The summed E-state index contributed by atoms with van der Waals surface area (Å²) in [5, 5.41) is 10.2. The van der Waals surface area contributed by atoms with Crippen molar-refractivity contribution in [2.45, 2.75) is 71.9 Å². The highest BCUT2D eigenvalue weighted by molar-refractivity contribution is 6.14. The van der Waals surface area contributed by atoms with Crippen LogP contribution in [0.3, 0.4) is 0 Å². The number of carbonyl (C=O) groups excluding carboxylic acids is 1. The van der Waals surface area contributed by atoms with Crippen molar-refractivity contribution in [3.05, 3.63) is 89.0 Å². The fourth-order valence-corrected chi connectivity index (χ4v) is 6.16. The molecule has 1 N–H and O–H groups in total. The molecule has 7 nitrogen and oxygen atoms in total. The lowest BCUT2D eigenvalue weighted by molar-refractivity contribution is 0.195. The quantitative estimate of drug-likeness (QED) is 0.311. The van der Waals surface area contributed by atoms with Gasteiger partial charge in [-0.1, -0.05) is 61.7 Å². The summed E-state index contributed by atoms with van der Waals surface area (Å²) in [6.45, 7) is 8.34. The number of nitrogens with one attached hydrogen (secondary N) is 1. The van der Waals surface area contributed by atoms with Crippen LogP contribution in [0.15, 0.2) is 76.8 Å². The summed E-state index contributed by atoms with van der Waals surface area (Å²) in [6, 6.07) is 22.5. The first kappa shape index (κ1) is 28.0. The highest BCUT2D eigenvalue weighted by Gasteiger charge is 2.36. The largest absolute Gasteiger partial charge is 0.489 e. The second kappa shape index (κ2) is 12.4. The molecule has 1 saturated carbocycles.